The number of rotatable bonds is 8. The summed E-state index contributed by atoms with van der Waals surface area (Å²) in [6.45, 7) is 13.8. The van der Waals surface area contributed by atoms with E-state index in [1.54, 1.807) is 6.92 Å². The average molecular weight is 585 g/mol. The van der Waals surface area contributed by atoms with Crippen molar-refractivity contribution in [3.05, 3.63) is 0 Å². The SMILES string of the molecule is CCCCCCCCC1CCC2C3CCC4CC(C)(I)C(C)(OC(C)=O)CC4(C)C3CCC12C. The van der Waals surface area contributed by atoms with Crippen molar-refractivity contribution in [1.29, 1.82) is 0 Å². The van der Waals surface area contributed by atoms with Gasteiger partial charge in [-0.05, 0) is 112 Å². The van der Waals surface area contributed by atoms with Crippen LogP contribution in [0.25, 0.3) is 0 Å². The topological polar surface area (TPSA) is 26.3 Å². The number of alkyl halides is 1. The van der Waals surface area contributed by atoms with E-state index in [0.29, 0.717) is 10.8 Å². The van der Waals surface area contributed by atoms with Crippen LogP contribution < -0.4 is 0 Å². The Balaban J connectivity index is 1.46. The number of halogens is 1. The molecule has 2 nitrogen and oxygen atoms in total. The maximum atomic E-state index is 12.1. The summed E-state index contributed by atoms with van der Waals surface area (Å²) in [5.74, 6) is 4.29. The minimum atomic E-state index is -0.358. The van der Waals surface area contributed by atoms with Crippen molar-refractivity contribution in [2.45, 2.75) is 147 Å². The molecule has 0 saturated heterocycles. The molecular formula is C31H53IO2. The van der Waals surface area contributed by atoms with E-state index in [1.807, 2.05) is 0 Å². The molecule has 4 rings (SSSR count). The maximum absolute atomic E-state index is 12.1. The van der Waals surface area contributed by atoms with Gasteiger partial charge in [0.05, 0.1) is 3.42 Å². The van der Waals surface area contributed by atoms with Crippen LogP contribution in [0.2, 0.25) is 0 Å². The van der Waals surface area contributed by atoms with Gasteiger partial charge in [0.15, 0.2) is 0 Å². The lowest BCUT2D eigenvalue weighted by molar-refractivity contribution is -0.189. The largest absolute Gasteiger partial charge is 0.458 e. The minimum Gasteiger partial charge on any atom is -0.458 e. The summed E-state index contributed by atoms with van der Waals surface area (Å²) in [6, 6.07) is 0. The van der Waals surface area contributed by atoms with E-state index < -0.39 is 0 Å². The first kappa shape index (κ1) is 27.2. The molecule has 0 spiro atoms. The Labute approximate surface area is 224 Å². The Hall–Kier alpha value is 0.200. The van der Waals surface area contributed by atoms with Gasteiger partial charge in [-0.1, -0.05) is 81.9 Å². The van der Waals surface area contributed by atoms with Crippen LogP contribution in [0.4, 0.5) is 0 Å². The van der Waals surface area contributed by atoms with Crippen molar-refractivity contribution in [2.75, 3.05) is 0 Å². The number of carbonyl (C=O) groups is 1. The summed E-state index contributed by atoms with van der Waals surface area (Å²) in [5.41, 5.74) is 0.541. The number of fused-ring (bicyclic) bond motifs is 5. The van der Waals surface area contributed by atoms with Crippen LogP contribution in [0.15, 0.2) is 0 Å². The van der Waals surface area contributed by atoms with Gasteiger partial charge in [-0.3, -0.25) is 4.79 Å². The lowest BCUT2D eigenvalue weighted by Gasteiger charge is -2.65. The summed E-state index contributed by atoms with van der Waals surface area (Å²) >= 11 is 2.62. The molecule has 0 N–H and O–H groups in total. The van der Waals surface area contributed by atoms with E-state index in [9.17, 15) is 4.79 Å². The van der Waals surface area contributed by atoms with Crippen LogP contribution >= 0.6 is 22.6 Å². The molecule has 4 fully saturated rings. The van der Waals surface area contributed by atoms with E-state index in [-0.39, 0.29) is 15.0 Å². The van der Waals surface area contributed by atoms with Crippen LogP contribution in [-0.4, -0.2) is 15.0 Å². The molecule has 9 unspecified atom stereocenters. The van der Waals surface area contributed by atoms with Gasteiger partial charge in [-0.2, -0.15) is 0 Å². The van der Waals surface area contributed by atoms with E-state index in [4.69, 9.17) is 4.74 Å². The predicted octanol–water partition coefficient (Wildman–Crippen LogP) is 9.52. The number of hydrogen-bond donors (Lipinski definition) is 0. The van der Waals surface area contributed by atoms with Crippen molar-refractivity contribution >= 4 is 28.6 Å². The molecule has 0 heterocycles. The molecule has 4 aliphatic carbocycles. The molecule has 3 heteroatoms. The van der Waals surface area contributed by atoms with Gasteiger partial charge >= 0.3 is 5.97 Å². The first-order valence-electron chi connectivity index (χ1n) is 14.9. The highest BCUT2D eigenvalue weighted by Crippen LogP contribution is 2.70. The zero-order valence-electron chi connectivity index (χ0n) is 23.2. The fourth-order valence-corrected chi connectivity index (χ4v) is 10.8. The lowest BCUT2D eigenvalue weighted by atomic mass is 9.42. The highest BCUT2D eigenvalue weighted by atomic mass is 127. The zero-order chi connectivity index (χ0) is 24.8. The van der Waals surface area contributed by atoms with Gasteiger partial charge in [0.2, 0.25) is 0 Å². The van der Waals surface area contributed by atoms with Crippen LogP contribution in [0.5, 0.6) is 0 Å². The van der Waals surface area contributed by atoms with Gasteiger partial charge in [0.1, 0.15) is 5.60 Å². The molecule has 196 valence electrons. The second-order valence-electron chi connectivity index (χ2n) is 13.9. The Kier molecular flexibility index (Phi) is 8.14. The molecule has 34 heavy (non-hydrogen) atoms. The normalized spacial score (nSPS) is 48.0. The van der Waals surface area contributed by atoms with Gasteiger partial charge in [-0.25, -0.2) is 0 Å². The molecule has 0 amide bonds. The van der Waals surface area contributed by atoms with Crippen molar-refractivity contribution < 1.29 is 9.53 Å². The summed E-state index contributed by atoms with van der Waals surface area (Å²) in [7, 11) is 0. The Morgan fingerprint density at radius 1 is 0.882 bits per heavy atom. The molecule has 4 aliphatic rings. The van der Waals surface area contributed by atoms with Gasteiger partial charge in [0, 0.05) is 6.92 Å². The van der Waals surface area contributed by atoms with E-state index in [1.165, 1.54) is 89.9 Å². The second kappa shape index (κ2) is 10.2. The van der Waals surface area contributed by atoms with Crippen LogP contribution in [0.3, 0.4) is 0 Å². The fraction of sp³-hybridized carbons (Fsp3) is 0.968. The fourth-order valence-electron chi connectivity index (χ4n) is 9.95. The molecule has 0 aromatic carbocycles. The third kappa shape index (κ3) is 4.75. The van der Waals surface area contributed by atoms with Gasteiger partial charge in [-0.15, -0.1) is 0 Å². The van der Waals surface area contributed by atoms with E-state index in [0.717, 1.165) is 36.0 Å². The van der Waals surface area contributed by atoms with Crippen molar-refractivity contribution in [3.8, 4) is 0 Å². The highest BCUT2D eigenvalue weighted by molar-refractivity contribution is 14.1. The lowest BCUT2D eigenvalue weighted by Crippen LogP contribution is -2.63. The summed E-state index contributed by atoms with van der Waals surface area (Å²) < 4.78 is 6.16. The highest BCUT2D eigenvalue weighted by Gasteiger charge is 2.65. The molecule has 4 saturated carbocycles. The first-order valence-corrected chi connectivity index (χ1v) is 15.9. The van der Waals surface area contributed by atoms with Crippen molar-refractivity contribution in [2.24, 2.45) is 40.4 Å². The molecule has 0 aromatic heterocycles. The summed E-state index contributed by atoms with van der Waals surface area (Å²) in [4.78, 5) is 12.1. The number of unbranched alkanes of at least 4 members (excludes halogenated alkanes) is 5. The number of carbonyl (C=O) groups excluding carboxylic acids is 1. The number of esters is 1. The standard InChI is InChI=1S/C31H53IO2/c1-7-8-9-10-11-12-13-23-15-17-26-25-16-14-24-20-30(5,32)31(6,34-22(2)33)21-29(24,4)27(25)18-19-28(23,26)3/h23-27H,7-21H2,1-6H3. The predicted molar refractivity (Wildman–Crippen MR) is 151 cm³/mol. The zero-order valence-corrected chi connectivity index (χ0v) is 25.3. The van der Waals surface area contributed by atoms with Crippen LogP contribution in [0.1, 0.15) is 138 Å². The van der Waals surface area contributed by atoms with Crippen LogP contribution in [0, 0.1) is 40.4 Å². The molecular weight excluding hydrogens is 531 g/mol. The minimum absolute atomic E-state index is 0.0200. The quantitative estimate of drug-likeness (QED) is 0.123. The third-order valence-corrected chi connectivity index (χ3v) is 13.6. The van der Waals surface area contributed by atoms with Gasteiger partial charge < -0.3 is 4.74 Å². The Morgan fingerprint density at radius 3 is 2.26 bits per heavy atom. The summed E-state index contributed by atoms with van der Waals surface area (Å²) in [6.07, 6.45) is 20.9. The molecule has 0 bridgehead atoms. The number of ether oxygens (including phenoxy) is 1. The van der Waals surface area contributed by atoms with Crippen LogP contribution in [-0.2, 0) is 9.53 Å². The average Bonchev–Trinajstić information content (AvgIpc) is 3.07. The van der Waals surface area contributed by atoms with Gasteiger partial charge in [0.25, 0.3) is 0 Å². The monoisotopic (exact) mass is 584 g/mol. The first-order chi connectivity index (χ1) is 16.0. The Bertz CT molecular complexity index is 733. The molecule has 0 radical (unpaired) electrons. The van der Waals surface area contributed by atoms with E-state index >= 15 is 0 Å². The summed E-state index contributed by atoms with van der Waals surface area (Å²) in [5, 5.41) is 0. The van der Waals surface area contributed by atoms with Crippen molar-refractivity contribution in [3.63, 3.8) is 0 Å². The van der Waals surface area contributed by atoms with Crippen molar-refractivity contribution in [1.82, 2.24) is 0 Å². The molecule has 0 aliphatic heterocycles. The smallest absolute Gasteiger partial charge is 0.303 e. The van der Waals surface area contributed by atoms with E-state index in [2.05, 4.69) is 57.2 Å². The maximum Gasteiger partial charge on any atom is 0.303 e. The molecule has 0 aromatic rings. The Morgan fingerprint density at radius 2 is 1.56 bits per heavy atom. The second-order valence-corrected chi connectivity index (χ2v) is 16.3. The molecule has 9 atom stereocenters. The number of hydrogen-bond acceptors (Lipinski definition) is 2. The third-order valence-electron chi connectivity index (χ3n) is 12.0.